The van der Waals surface area contributed by atoms with Crippen molar-refractivity contribution in [2.24, 2.45) is 0 Å². The van der Waals surface area contributed by atoms with Crippen LogP contribution in [0.4, 0.5) is 0 Å². The third kappa shape index (κ3) is 4.96. The normalized spacial score (nSPS) is 24.4. The van der Waals surface area contributed by atoms with Crippen LogP contribution in [0.3, 0.4) is 0 Å². The molecule has 90 valence electrons. The summed E-state index contributed by atoms with van der Waals surface area (Å²) in [6.07, 6.45) is 5.44. The molecular weight excluding hydrogens is 190 g/mol. The molecule has 1 atom stereocenters. The van der Waals surface area contributed by atoms with Crippen LogP contribution in [0.5, 0.6) is 0 Å². The van der Waals surface area contributed by atoms with E-state index in [4.69, 9.17) is 5.11 Å². The zero-order chi connectivity index (χ0) is 11.3. The maximum atomic E-state index is 9.69. The number of hydrogen-bond acceptors (Lipinski definition) is 3. The number of hydrogen-bond donors (Lipinski definition) is 2. The number of nitrogens with zero attached hydrogens (tertiary/aromatic N) is 1. The molecule has 0 amide bonds. The summed E-state index contributed by atoms with van der Waals surface area (Å²) in [5, 5.41) is 18.7. The Balaban J connectivity index is 2.35. The fraction of sp³-hybridized carbons (Fsp3) is 1.00. The maximum Gasteiger partial charge on any atom is 0.0603 e. The molecule has 0 radical (unpaired) electrons. The van der Waals surface area contributed by atoms with Crippen LogP contribution < -0.4 is 0 Å². The quantitative estimate of drug-likeness (QED) is 0.728. The zero-order valence-electron chi connectivity index (χ0n) is 10.1. The Morgan fingerprint density at radius 1 is 1.33 bits per heavy atom. The van der Waals surface area contributed by atoms with Gasteiger partial charge >= 0.3 is 0 Å². The molecule has 1 aliphatic rings. The van der Waals surface area contributed by atoms with Crippen molar-refractivity contribution < 1.29 is 10.2 Å². The Hall–Kier alpha value is -0.120. The molecular formula is C12H25NO2. The Morgan fingerprint density at radius 2 is 2.07 bits per heavy atom. The second kappa shape index (κ2) is 5.83. The van der Waals surface area contributed by atoms with Gasteiger partial charge in [-0.15, -0.1) is 0 Å². The molecule has 1 aliphatic heterocycles. The van der Waals surface area contributed by atoms with Gasteiger partial charge in [-0.05, 0) is 46.1 Å². The van der Waals surface area contributed by atoms with E-state index in [1.807, 2.05) is 13.8 Å². The van der Waals surface area contributed by atoms with Gasteiger partial charge in [0.2, 0.25) is 0 Å². The molecule has 1 rings (SSSR count). The van der Waals surface area contributed by atoms with E-state index in [-0.39, 0.29) is 6.61 Å². The van der Waals surface area contributed by atoms with E-state index in [2.05, 4.69) is 4.90 Å². The summed E-state index contributed by atoms with van der Waals surface area (Å²) in [5.41, 5.74) is -0.568. The Morgan fingerprint density at radius 3 is 2.67 bits per heavy atom. The standard InChI is InChI=1S/C12H25NO2/c1-12(2,15)7-9-13-8-4-3-5-11(13)6-10-14/h11,14-15H,3-10H2,1-2H3. The number of piperidine rings is 1. The van der Waals surface area contributed by atoms with Crippen molar-refractivity contribution in [3.63, 3.8) is 0 Å². The third-order valence-electron chi connectivity index (χ3n) is 3.22. The fourth-order valence-corrected chi connectivity index (χ4v) is 2.25. The van der Waals surface area contributed by atoms with Crippen molar-refractivity contribution >= 4 is 0 Å². The first-order chi connectivity index (χ1) is 7.03. The van der Waals surface area contributed by atoms with Gasteiger partial charge in [-0.25, -0.2) is 0 Å². The SMILES string of the molecule is CC(C)(O)CCN1CCCCC1CCO. The molecule has 0 spiro atoms. The van der Waals surface area contributed by atoms with E-state index in [1.165, 1.54) is 19.3 Å². The van der Waals surface area contributed by atoms with Gasteiger partial charge in [-0.3, -0.25) is 0 Å². The highest BCUT2D eigenvalue weighted by molar-refractivity contribution is 4.78. The van der Waals surface area contributed by atoms with Crippen molar-refractivity contribution in [1.29, 1.82) is 0 Å². The van der Waals surface area contributed by atoms with E-state index in [9.17, 15) is 5.11 Å². The van der Waals surface area contributed by atoms with E-state index < -0.39 is 5.60 Å². The van der Waals surface area contributed by atoms with Gasteiger partial charge < -0.3 is 15.1 Å². The Kier molecular flexibility index (Phi) is 5.03. The lowest BCUT2D eigenvalue weighted by atomic mass is 9.97. The highest BCUT2D eigenvalue weighted by Crippen LogP contribution is 2.21. The summed E-state index contributed by atoms with van der Waals surface area (Å²) in [6.45, 7) is 6.08. The molecule has 0 aromatic heterocycles. The van der Waals surface area contributed by atoms with Gasteiger partial charge in [0, 0.05) is 19.2 Å². The van der Waals surface area contributed by atoms with Crippen LogP contribution in [0, 0.1) is 0 Å². The van der Waals surface area contributed by atoms with E-state index >= 15 is 0 Å². The van der Waals surface area contributed by atoms with Crippen LogP contribution in [-0.4, -0.2) is 46.5 Å². The van der Waals surface area contributed by atoms with Gasteiger partial charge in [-0.2, -0.15) is 0 Å². The first-order valence-electron chi connectivity index (χ1n) is 6.10. The number of aliphatic hydroxyl groups excluding tert-OH is 1. The van der Waals surface area contributed by atoms with Gasteiger partial charge in [0.25, 0.3) is 0 Å². The van der Waals surface area contributed by atoms with Gasteiger partial charge in [0.1, 0.15) is 0 Å². The lowest BCUT2D eigenvalue weighted by Gasteiger charge is -2.36. The van der Waals surface area contributed by atoms with Gasteiger partial charge in [0.05, 0.1) is 5.60 Å². The van der Waals surface area contributed by atoms with Gasteiger partial charge in [-0.1, -0.05) is 6.42 Å². The van der Waals surface area contributed by atoms with Crippen LogP contribution in [0.1, 0.15) is 46.0 Å². The minimum absolute atomic E-state index is 0.281. The zero-order valence-corrected chi connectivity index (χ0v) is 10.1. The van der Waals surface area contributed by atoms with Crippen molar-refractivity contribution in [1.82, 2.24) is 4.90 Å². The Bertz CT molecular complexity index is 175. The summed E-state index contributed by atoms with van der Waals surface area (Å²) in [5.74, 6) is 0. The van der Waals surface area contributed by atoms with E-state index in [1.54, 1.807) is 0 Å². The van der Waals surface area contributed by atoms with E-state index in [0.717, 1.165) is 25.9 Å². The summed E-state index contributed by atoms with van der Waals surface area (Å²) in [6, 6.07) is 0.533. The van der Waals surface area contributed by atoms with Crippen LogP contribution >= 0.6 is 0 Å². The molecule has 1 heterocycles. The summed E-state index contributed by atoms with van der Waals surface area (Å²) < 4.78 is 0. The maximum absolute atomic E-state index is 9.69. The molecule has 2 N–H and O–H groups in total. The average Bonchev–Trinajstić information content (AvgIpc) is 2.16. The topological polar surface area (TPSA) is 43.7 Å². The summed E-state index contributed by atoms with van der Waals surface area (Å²) in [4.78, 5) is 2.43. The second-order valence-corrected chi connectivity index (χ2v) is 5.26. The molecule has 1 unspecified atom stereocenters. The van der Waals surface area contributed by atoms with Crippen molar-refractivity contribution in [3.8, 4) is 0 Å². The first kappa shape index (κ1) is 12.9. The minimum atomic E-state index is -0.568. The lowest BCUT2D eigenvalue weighted by molar-refractivity contribution is 0.0403. The highest BCUT2D eigenvalue weighted by atomic mass is 16.3. The summed E-state index contributed by atoms with van der Waals surface area (Å²) in [7, 11) is 0. The molecule has 1 fully saturated rings. The number of aliphatic hydroxyl groups is 2. The monoisotopic (exact) mass is 215 g/mol. The predicted octanol–water partition coefficient (Wildman–Crippen LogP) is 1.38. The highest BCUT2D eigenvalue weighted by Gasteiger charge is 2.23. The third-order valence-corrected chi connectivity index (χ3v) is 3.22. The van der Waals surface area contributed by atoms with Crippen molar-refractivity contribution in [3.05, 3.63) is 0 Å². The fourth-order valence-electron chi connectivity index (χ4n) is 2.25. The molecule has 1 saturated heterocycles. The Labute approximate surface area is 93.1 Å². The summed E-state index contributed by atoms with van der Waals surface area (Å²) >= 11 is 0. The lowest BCUT2D eigenvalue weighted by Crippen LogP contribution is -2.42. The molecule has 0 bridgehead atoms. The van der Waals surface area contributed by atoms with Crippen LogP contribution in [-0.2, 0) is 0 Å². The average molecular weight is 215 g/mol. The van der Waals surface area contributed by atoms with E-state index in [0.29, 0.717) is 6.04 Å². The smallest absolute Gasteiger partial charge is 0.0603 e. The minimum Gasteiger partial charge on any atom is -0.396 e. The molecule has 0 aromatic carbocycles. The first-order valence-corrected chi connectivity index (χ1v) is 6.10. The molecule has 0 aromatic rings. The van der Waals surface area contributed by atoms with Crippen LogP contribution in [0.25, 0.3) is 0 Å². The van der Waals surface area contributed by atoms with Crippen molar-refractivity contribution in [2.75, 3.05) is 19.7 Å². The molecule has 0 aliphatic carbocycles. The largest absolute Gasteiger partial charge is 0.396 e. The predicted molar refractivity (Wildman–Crippen MR) is 61.8 cm³/mol. The number of likely N-dealkylation sites (tertiary alicyclic amines) is 1. The van der Waals surface area contributed by atoms with Crippen molar-refractivity contribution in [2.45, 2.75) is 57.6 Å². The molecule has 15 heavy (non-hydrogen) atoms. The number of rotatable bonds is 5. The second-order valence-electron chi connectivity index (χ2n) is 5.26. The van der Waals surface area contributed by atoms with Crippen LogP contribution in [0.15, 0.2) is 0 Å². The van der Waals surface area contributed by atoms with Crippen LogP contribution in [0.2, 0.25) is 0 Å². The molecule has 3 nitrogen and oxygen atoms in total. The van der Waals surface area contributed by atoms with Gasteiger partial charge in [0.15, 0.2) is 0 Å². The molecule has 0 saturated carbocycles. The molecule has 3 heteroatoms.